The molecule has 1 heterocycles. The first-order valence-corrected chi connectivity index (χ1v) is 10.5. The minimum absolute atomic E-state index is 0.152. The molecule has 1 aromatic rings. The molecule has 2 rings (SSSR count). The number of imide groups is 1. The number of carbonyl (C=O) groups is 2. The molecule has 1 aliphatic rings. The number of aliphatic hydroxyl groups excluding tert-OH is 1. The van der Waals surface area contributed by atoms with Crippen LogP contribution in [0.3, 0.4) is 0 Å². The Morgan fingerprint density at radius 3 is 1.54 bits per heavy atom. The molecule has 28 heavy (non-hydrogen) atoms. The van der Waals surface area contributed by atoms with E-state index in [0.717, 1.165) is 19.4 Å². The van der Waals surface area contributed by atoms with Gasteiger partial charge in [-0.1, -0.05) is 72.9 Å². The molecular weight excluding hydrogens is 352 g/mol. The number of hydrogen-bond acceptors (Lipinski definition) is 4. The van der Waals surface area contributed by atoms with Crippen LogP contribution in [0.15, 0.2) is 24.3 Å². The molecule has 0 fully saturated rings. The second-order valence-electron chi connectivity index (χ2n) is 7.73. The predicted molar refractivity (Wildman–Crippen MR) is 116 cm³/mol. The number of nitrogens with zero attached hydrogens (tertiary/aromatic N) is 1. The Bertz CT molecular complexity index is 536. The molecule has 160 valence electrons. The first kappa shape index (κ1) is 26.3. The molecule has 0 unspecified atom stereocenters. The van der Waals surface area contributed by atoms with Crippen LogP contribution in [0.5, 0.6) is 0 Å². The van der Waals surface area contributed by atoms with Crippen molar-refractivity contribution < 1.29 is 14.7 Å². The van der Waals surface area contributed by atoms with Crippen molar-refractivity contribution in [2.45, 2.75) is 60.8 Å². The van der Waals surface area contributed by atoms with Gasteiger partial charge in [0.05, 0.1) is 11.1 Å². The Labute approximate surface area is 171 Å². The zero-order valence-electron chi connectivity index (χ0n) is 18.6. The number of benzene rings is 1. The Morgan fingerprint density at radius 1 is 0.857 bits per heavy atom. The summed E-state index contributed by atoms with van der Waals surface area (Å²) in [4.78, 5) is 25.3. The molecule has 5 nitrogen and oxygen atoms in total. The van der Waals surface area contributed by atoms with Crippen molar-refractivity contribution in [2.24, 2.45) is 23.5 Å². The topological polar surface area (TPSA) is 83.6 Å². The quantitative estimate of drug-likeness (QED) is 0.676. The fourth-order valence-corrected chi connectivity index (χ4v) is 2.14. The van der Waals surface area contributed by atoms with E-state index in [0.29, 0.717) is 42.0 Å². The first-order chi connectivity index (χ1) is 13.3. The molecule has 0 spiro atoms. The third-order valence-electron chi connectivity index (χ3n) is 5.18. The molecule has 0 aromatic heterocycles. The van der Waals surface area contributed by atoms with E-state index in [-0.39, 0.29) is 11.8 Å². The fourth-order valence-electron chi connectivity index (χ4n) is 2.14. The molecule has 0 radical (unpaired) electrons. The van der Waals surface area contributed by atoms with Crippen LogP contribution in [0.1, 0.15) is 81.5 Å². The molecule has 3 N–H and O–H groups in total. The number of aliphatic hydroxyl groups is 1. The van der Waals surface area contributed by atoms with Gasteiger partial charge in [-0.25, -0.2) is 0 Å². The summed E-state index contributed by atoms with van der Waals surface area (Å²) in [7, 11) is 0. The molecule has 1 aliphatic heterocycles. The van der Waals surface area contributed by atoms with Crippen LogP contribution >= 0.6 is 0 Å². The van der Waals surface area contributed by atoms with E-state index >= 15 is 0 Å². The molecule has 5 heteroatoms. The smallest absolute Gasteiger partial charge is 0.261 e. The predicted octanol–water partition coefficient (Wildman–Crippen LogP) is 4.34. The summed E-state index contributed by atoms with van der Waals surface area (Å²) in [5, 5.41) is 8.33. The largest absolute Gasteiger partial charge is 0.396 e. The monoisotopic (exact) mass is 392 g/mol. The van der Waals surface area contributed by atoms with E-state index in [1.54, 1.807) is 24.3 Å². The van der Waals surface area contributed by atoms with Gasteiger partial charge in [0, 0.05) is 13.2 Å². The number of fused-ring (bicyclic) bond motifs is 1. The summed E-state index contributed by atoms with van der Waals surface area (Å²) in [6.07, 6.45) is 3.25. The second kappa shape index (κ2) is 14.3. The Morgan fingerprint density at radius 2 is 1.29 bits per heavy atom. The van der Waals surface area contributed by atoms with E-state index in [2.05, 4.69) is 27.7 Å². The zero-order chi connectivity index (χ0) is 21.7. The van der Waals surface area contributed by atoms with Crippen molar-refractivity contribution >= 4 is 11.8 Å². The molecule has 0 saturated carbocycles. The molecule has 0 saturated heterocycles. The van der Waals surface area contributed by atoms with E-state index in [9.17, 15) is 9.59 Å². The number of amides is 2. The molecule has 0 aliphatic carbocycles. The Hall–Kier alpha value is -1.72. The van der Waals surface area contributed by atoms with E-state index in [4.69, 9.17) is 10.8 Å². The minimum Gasteiger partial charge on any atom is -0.396 e. The Balaban J connectivity index is 0.000000505. The molecule has 1 aromatic carbocycles. The third-order valence-corrected chi connectivity index (χ3v) is 5.18. The summed E-state index contributed by atoms with van der Waals surface area (Å²) < 4.78 is 0. The summed E-state index contributed by atoms with van der Waals surface area (Å²) in [5.41, 5.74) is 6.36. The van der Waals surface area contributed by atoms with E-state index in [1.807, 2.05) is 13.8 Å². The Kier molecular flexibility index (Phi) is 13.4. The summed E-state index contributed by atoms with van der Waals surface area (Å²) in [6, 6.07) is 7.01. The first-order valence-electron chi connectivity index (χ1n) is 10.5. The average Bonchev–Trinajstić information content (AvgIpc) is 2.98. The summed E-state index contributed by atoms with van der Waals surface area (Å²) >= 11 is 0. The van der Waals surface area contributed by atoms with Crippen molar-refractivity contribution in [1.82, 2.24) is 4.90 Å². The number of rotatable bonds is 7. The van der Waals surface area contributed by atoms with Gasteiger partial charge in [-0.15, -0.1) is 0 Å². The lowest BCUT2D eigenvalue weighted by molar-refractivity contribution is 0.0631. The van der Waals surface area contributed by atoms with Gasteiger partial charge in [-0.3, -0.25) is 14.5 Å². The fraction of sp³-hybridized carbons (Fsp3) is 0.652. The molecule has 3 atom stereocenters. The lowest BCUT2D eigenvalue weighted by Gasteiger charge is -2.17. The van der Waals surface area contributed by atoms with Crippen molar-refractivity contribution in [3.05, 3.63) is 35.4 Å². The third kappa shape index (κ3) is 8.53. The highest BCUT2D eigenvalue weighted by Crippen LogP contribution is 2.23. The van der Waals surface area contributed by atoms with Crippen LogP contribution < -0.4 is 5.73 Å². The van der Waals surface area contributed by atoms with Gasteiger partial charge in [0.25, 0.3) is 11.8 Å². The number of carbonyl (C=O) groups excluding carboxylic acids is 2. The minimum atomic E-state index is -0.152. The second-order valence-corrected chi connectivity index (χ2v) is 7.73. The highest BCUT2D eigenvalue weighted by molar-refractivity contribution is 6.21. The van der Waals surface area contributed by atoms with Gasteiger partial charge in [-0.2, -0.15) is 0 Å². The zero-order valence-corrected chi connectivity index (χ0v) is 18.6. The molecule has 2 amide bonds. The normalized spacial score (nSPS) is 15.6. The maximum absolute atomic E-state index is 12.0. The lowest BCUT2D eigenvalue weighted by Crippen LogP contribution is -2.33. The number of hydrogen-bond donors (Lipinski definition) is 2. The highest BCUT2D eigenvalue weighted by Gasteiger charge is 2.35. The molecular formula is C23H40N2O3. The van der Waals surface area contributed by atoms with Crippen LogP contribution in [0.4, 0.5) is 0 Å². The molecule has 0 bridgehead atoms. The van der Waals surface area contributed by atoms with Gasteiger partial charge >= 0.3 is 0 Å². The van der Waals surface area contributed by atoms with Crippen molar-refractivity contribution in [1.29, 1.82) is 0 Å². The van der Waals surface area contributed by atoms with Crippen molar-refractivity contribution in [2.75, 3.05) is 19.7 Å². The van der Waals surface area contributed by atoms with Gasteiger partial charge in [0.15, 0.2) is 0 Å². The maximum atomic E-state index is 12.0. The SMILES string of the molecule is CC[C@@H](C)CN.CC[C@@H](C)CN1C(=O)c2ccccc2C1=O.CC[C@@H](C)CO. The van der Waals surface area contributed by atoms with Crippen LogP contribution in [-0.4, -0.2) is 41.5 Å². The summed E-state index contributed by atoms with van der Waals surface area (Å²) in [5.74, 6) is 1.25. The van der Waals surface area contributed by atoms with Crippen LogP contribution in [0, 0.1) is 17.8 Å². The maximum Gasteiger partial charge on any atom is 0.261 e. The van der Waals surface area contributed by atoms with Gasteiger partial charge in [0.2, 0.25) is 0 Å². The highest BCUT2D eigenvalue weighted by atomic mass is 16.3. The standard InChI is InChI=1S/C13H15NO2.C5H13N.C5H12O/c1-3-9(2)8-14-12(15)10-6-4-5-7-11(10)13(14)16;2*1-3-5(2)4-6/h4-7,9H,3,8H2,1-2H3;5H,3-4,6H2,1-2H3;5-6H,3-4H2,1-2H3/t9-;2*5-/m111/s1. The lowest BCUT2D eigenvalue weighted by atomic mass is 10.1. The van der Waals surface area contributed by atoms with Gasteiger partial charge in [0.1, 0.15) is 0 Å². The van der Waals surface area contributed by atoms with Crippen LogP contribution in [0.2, 0.25) is 0 Å². The van der Waals surface area contributed by atoms with Gasteiger partial charge in [-0.05, 0) is 36.4 Å². The van der Waals surface area contributed by atoms with E-state index in [1.165, 1.54) is 11.3 Å². The van der Waals surface area contributed by atoms with E-state index < -0.39 is 0 Å². The average molecular weight is 393 g/mol. The summed E-state index contributed by atoms with van der Waals surface area (Å²) in [6.45, 7) is 14.2. The van der Waals surface area contributed by atoms with Crippen molar-refractivity contribution in [3.8, 4) is 0 Å². The van der Waals surface area contributed by atoms with Crippen LogP contribution in [-0.2, 0) is 0 Å². The van der Waals surface area contributed by atoms with Crippen molar-refractivity contribution in [3.63, 3.8) is 0 Å². The number of nitrogens with two attached hydrogens (primary N) is 1. The van der Waals surface area contributed by atoms with Gasteiger partial charge < -0.3 is 10.8 Å². The van der Waals surface area contributed by atoms with Crippen LogP contribution in [0.25, 0.3) is 0 Å².